The molecule has 2 rings (SSSR count). The van der Waals surface area contributed by atoms with E-state index >= 15 is 0 Å². The second kappa shape index (κ2) is 5.05. The van der Waals surface area contributed by atoms with E-state index < -0.39 is 10.0 Å². The zero-order chi connectivity index (χ0) is 13.2. The van der Waals surface area contributed by atoms with E-state index in [1.807, 2.05) is 0 Å². The Labute approximate surface area is 105 Å². The van der Waals surface area contributed by atoms with E-state index in [9.17, 15) is 8.42 Å². The summed E-state index contributed by atoms with van der Waals surface area (Å²) in [7, 11) is -3.59. The minimum absolute atomic E-state index is 0.0891. The summed E-state index contributed by atoms with van der Waals surface area (Å²) < 4.78 is 26.0. The highest BCUT2D eigenvalue weighted by Gasteiger charge is 2.25. The van der Waals surface area contributed by atoms with Crippen LogP contribution in [0.1, 0.15) is 6.92 Å². The summed E-state index contributed by atoms with van der Waals surface area (Å²) in [6, 6.07) is 3.40. The first kappa shape index (κ1) is 13.0. The van der Waals surface area contributed by atoms with Crippen molar-refractivity contribution in [3.05, 3.63) is 24.5 Å². The van der Waals surface area contributed by atoms with Gasteiger partial charge in [0.05, 0.1) is 6.61 Å². The van der Waals surface area contributed by atoms with Gasteiger partial charge in [-0.3, -0.25) is 0 Å². The van der Waals surface area contributed by atoms with Gasteiger partial charge in [-0.1, -0.05) is 6.92 Å². The molecule has 18 heavy (non-hydrogen) atoms. The number of hydrogen-bond acceptors (Lipinski definition) is 4. The molecule has 0 saturated heterocycles. The van der Waals surface area contributed by atoms with Crippen LogP contribution in [0.25, 0.3) is 11.0 Å². The van der Waals surface area contributed by atoms with E-state index in [0.717, 1.165) is 0 Å². The molecule has 0 radical (unpaired) electrons. The number of aromatic nitrogens is 2. The van der Waals surface area contributed by atoms with Crippen LogP contribution in [-0.4, -0.2) is 47.5 Å². The Morgan fingerprint density at radius 1 is 1.50 bits per heavy atom. The maximum absolute atomic E-state index is 12.4. The van der Waals surface area contributed by atoms with Gasteiger partial charge in [0.1, 0.15) is 10.5 Å². The third kappa shape index (κ3) is 2.12. The number of aliphatic hydroxyl groups is 1. The van der Waals surface area contributed by atoms with Crippen molar-refractivity contribution in [1.29, 1.82) is 0 Å². The third-order valence-corrected chi connectivity index (χ3v) is 4.75. The molecule has 0 saturated carbocycles. The standard InChI is InChI=1S/C11H15N3O3S/c1-2-14(6-7-15)18(16,17)10-8-13-11-9(10)4-3-5-12-11/h3-5,8,15H,2,6-7H2,1H3,(H,12,13). The van der Waals surface area contributed by atoms with Crippen LogP contribution in [0.15, 0.2) is 29.4 Å². The number of aliphatic hydroxyl groups excluding tert-OH is 1. The van der Waals surface area contributed by atoms with Crippen LogP contribution in [0.2, 0.25) is 0 Å². The Balaban J connectivity index is 2.52. The van der Waals surface area contributed by atoms with Crippen molar-refractivity contribution in [2.45, 2.75) is 11.8 Å². The van der Waals surface area contributed by atoms with E-state index in [2.05, 4.69) is 9.97 Å². The molecule has 2 aromatic rings. The molecule has 0 aliphatic carbocycles. The van der Waals surface area contributed by atoms with E-state index in [0.29, 0.717) is 17.6 Å². The SMILES string of the molecule is CCN(CCO)S(=O)(=O)c1c[nH]c2ncccc12. The summed E-state index contributed by atoms with van der Waals surface area (Å²) in [6.45, 7) is 1.94. The average molecular weight is 269 g/mol. The molecule has 0 aromatic carbocycles. The molecule has 2 N–H and O–H groups in total. The van der Waals surface area contributed by atoms with Gasteiger partial charge in [0.15, 0.2) is 0 Å². The summed E-state index contributed by atoms with van der Waals surface area (Å²) in [5, 5.41) is 9.48. The highest BCUT2D eigenvalue weighted by molar-refractivity contribution is 7.89. The molecule has 7 heteroatoms. The van der Waals surface area contributed by atoms with Crippen LogP contribution < -0.4 is 0 Å². The number of aromatic amines is 1. The fourth-order valence-corrected chi connectivity index (χ4v) is 3.43. The van der Waals surface area contributed by atoms with Gasteiger partial charge >= 0.3 is 0 Å². The molecule has 0 bridgehead atoms. The number of H-pyrrole nitrogens is 1. The number of hydrogen-bond donors (Lipinski definition) is 2. The number of pyridine rings is 1. The monoisotopic (exact) mass is 269 g/mol. The fourth-order valence-electron chi connectivity index (χ4n) is 1.84. The van der Waals surface area contributed by atoms with Crippen LogP contribution >= 0.6 is 0 Å². The molecule has 2 heterocycles. The molecule has 98 valence electrons. The van der Waals surface area contributed by atoms with Crippen molar-refractivity contribution in [2.75, 3.05) is 19.7 Å². The first-order valence-corrected chi connectivity index (χ1v) is 7.08. The molecule has 6 nitrogen and oxygen atoms in total. The van der Waals surface area contributed by atoms with Crippen molar-refractivity contribution in [3.63, 3.8) is 0 Å². The predicted molar refractivity (Wildman–Crippen MR) is 67.6 cm³/mol. The summed E-state index contributed by atoms with van der Waals surface area (Å²) in [5.74, 6) is 0. The smallest absolute Gasteiger partial charge is 0.245 e. The Kier molecular flexibility index (Phi) is 3.65. The van der Waals surface area contributed by atoms with Crippen molar-refractivity contribution in [2.24, 2.45) is 0 Å². The molecule has 0 aliphatic rings. The number of likely N-dealkylation sites (N-methyl/N-ethyl adjacent to an activating group) is 1. The zero-order valence-electron chi connectivity index (χ0n) is 10.00. The van der Waals surface area contributed by atoms with Gasteiger partial charge in [0.2, 0.25) is 10.0 Å². The highest BCUT2D eigenvalue weighted by atomic mass is 32.2. The average Bonchev–Trinajstić information content (AvgIpc) is 2.80. The van der Waals surface area contributed by atoms with Gasteiger partial charge in [0, 0.05) is 30.9 Å². The lowest BCUT2D eigenvalue weighted by atomic mass is 10.3. The number of sulfonamides is 1. The fraction of sp³-hybridized carbons (Fsp3) is 0.364. The third-order valence-electron chi connectivity index (χ3n) is 2.73. The topological polar surface area (TPSA) is 86.3 Å². The normalized spacial score (nSPS) is 12.4. The minimum Gasteiger partial charge on any atom is -0.395 e. The Bertz CT molecular complexity index is 636. The van der Waals surface area contributed by atoms with Crippen LogP contribution in [0.5, 0.6) is 0 Å². The second-order valence-corrected chi connectivity index (χ2v) is 5.68. The molecular weight excluding hydrogens is 254 g/mol. The number of nitrogens with zero attached hydrogens (tertiary/aromatic N) is 2. The molecule has 0 fully saturated rings. The quantitative estimate of drug-likeness (QED) is 0.830. The summed E-state index contributed by atoms with van der Waals surface area (Å²) in [4.78, 5) is 7.09. The molecule has 0 aliphatic heterocycles. The Morgan fingerprint density at radius 3 is 2.94 bits per heavy atom. The largest absolute Gasteiger partial charge is 0.395 e. The highest BCUT2D eigenvalue weighted by Crippen LogP contribution is 2.23. The van der Waals surface area contributed by atoms with E-state index in [-0.39, 0.29) is 18.0 Å². The summed E-state index contributed by atoms with van der Waals surface area (Å²) in [5.41, 5.74) is 0.538. The Hall–Kier alpha value is -1.44. The van der Waals surface area contributed by atoms with E-state index in [1.165, 1.54) is 10.5 Å². The van der Waals surface area contributed by atoms with Crippen LogP contribution in [0, 0.1) is 0 Å². The van der Waals surface area contributed by atoms with Gasteiger partial charge in [-0.05, 0) is 12.1 Å². The lowest BCUT2D eigenvalue weighted by Gasteiger charge is -2.18. The zero-order valence-corrected chi connectivity index (χ0v) is 10.8. The van der Waals surface area contributed by atoms with E-state index in [4.69, 9.17) is 5.11 Å². The predicted octanol–water partition coefficient (Wildman–Crippen LogP) is 0.566. The Morgan fingerprint density at radius 2 is 2.28 bits per heavy atom. The van der Waals surface area contributed by atoms with Crippen molar-refractivity contribution < 1.29 is 13.5 Å². The van der Waals surface area contributed by atoms with Crippen LogP contribution in [0.3, 0.4) is 0 Å². The van der Waals surface area contributed by atoms with Gasteiger partial charge in [0.25, 0.3) is 0 Å². The minimum atomic E-state index is -3.59. The molecule has 2 aromatic heterocycles. The van der Waals surface area contributed by atoms with Gasteiger partial charge in [-0.25, -0.2) is 13.4 Å². The maximum atomic E-state index is 12.4. The van der Waals surface area contributed by atoms with Crippen molar-refractivity contribution in [3.8, 4) is 0 Å². The molecule has 0 atom stereocenters. The first-order valence-electron chi connectivity index (χ1n) is 5.64. The maximum Gasteiger partial charge on any atom is 0.245 e. The van der Waals surface area contributed by atoms with E-state index in [1.54, 1.807) is 25.3 Å². The van der Waals surface area contributed by atoms with Gasteiger partial charge in [-0.2, -0.15) is 4.31 Å². The van der Waals surface area contributed by atoms with Crippen LogP contribution in [0.4, 0.5) is 0 Å². The van der Waals surface area contributed by atoms with Crippen LogP contribution in [-0.2, 0) is 10.0 Å². The molecule has 0 amide bonds. The van der Waals surface area contributed by atoms with Crippen molar-refractivity contribution >= 4 is 21.1 Å². The summed E-state index contributed by atoms with van der Waals surface area (Å²) >= 11 is 0. The first-order chi connectivity index (χ1) is 8.61. The van der Waals surface area contributed by atoms with Crippen molar-refractivity contribution in [1.82, 2.24) is 14.3 Å². The van der Waals surface area contributed by atoms with Gasteiger partial charge < -0.3 is 10.1 Å². The lowest BCUT2D eigenvalue weighted by Crippen LogP contribution is -2.33. The lowest BCUT2D eigenvalue weighted by molar-refractivity contribution is 0.257. The second-order valence-electron chi connectivity index (χ2n) is 3.77. The van der Waals surface area contributed by atoms with Gasteiger partial charge in [-0.15, -0.1) is 0 Å². The molecular formula is C11H15N3O3S. The number of nitrogens with one attached hydrogen (secondary N) is 1. The number of fused-ring (bicyclic) bond motifs is 1. The molecule has 0 spiro atoms. The molecule has 0 unspecified atom stereocenters. The number of rotatable bonds is 5. The summed E-state index contributed by atoms with van der Waals surface area (Å²) in [6.07, 6.45) is 3.04.